The predicted octanol–water partition coefficient (Wildman–Crippen LogP) is 1.50. The molecule has 0 aromatic heterocycles. The summed E-state index contributed by atoms with van der Waals surface area (Å²) in [5, 5.41) is 5.16. The van der Waals surface area contributed by atoms with E-state index in [1.807, 2.05) is 22.6 Å². The van der Waals surface area contributed by atoms with Gasteiger partial charge in [-0.25, -0.2) is 4.79 Å². The van der Waals surface area contributed by atoms with Crippen molar-refractivity contribution in [2.24, 2.45) is 0 Å². The molecule has 12 nitrogen and oxygen atoms in total. The molecule has 34 heavy (non-hydrogen) atoms. The number of benzene rings is 1. The van der Waals surface area contributed by atoms with Crippen LogP contribution in [-0.2, 0) is 42.9 Å². The lowest BCUT2D eigenvalue weighted by Crippen LogP contribution is -2.66. The molecule has 0 bridgehead atoms. The smallest absolute Gasteiger partial charge is 0.321 e. The lowest BCUT2D eigenvalue weighted by atomic mass is 9.97. The van der Waals surface area contributed by atoms with Gasteiger partial charge >= 0.3 is 29.9 Å². The number of hydrogen-bond donors (Lipinski definition) is 2. The van der Waals surface area contributed by atoms with Gasteiger partial charge in [0.1, 0.15) is 12.7 Å². The molecular formula is C21H25IN2O10. The molecule has 0 spiro atoms. The highest BCUT2D eigenvalue weighted by Gasteiger charge is 2.52. The minimum absolute atomic E-state index is 0.395. The van der Waals surface area contributed by atoms with Gasteiger partial charge in [-0.1, -0.05) is 12.1 Å². The normalized spacial score (nSPS) is 23.7. The quantitative estimate of drug-likeness (QED) is 0.270. The van der Waals surface area contributed by atoms with Crippen LogP contribution >= 0.6 is 22.6 Å². The average molecular weight is 592 g/mol. The Kier molecular flexibility index (Phi) is 10.0. The third-order valence-electron chi connectivity index (χ3n) is 4.39. The first-order valence-corrected chi connectivity index (χ1v) is 11.2. The molecule has 5 atom stereocenters. The number of carbonyl (C=O) groups is 5. The van der Waals surface area contributed by atoms with Crippen molar-refractivity contribution < 1.29 is 47.7 Å². The van der Waals surface area contributed by atoms with Crippen LogP contribution in [0.1, 0.15) is 27.7 Å². The summed E-state index contributed by atoms with van der Waals surface area (Å²) in [5.41, 5.74) is 0.506. The molecule has 186 valence electrons. The minimum atomic E-state index is -1.39. The van der Waals surface area contributed by atoms with E-state index in [4.69, 9.17) is 23.7 Å². The van der Waals surface area contributed by atoms with Crippen LogP contribution in [-0.4, -0.2) is 67.2 Å². The van der Waals surface area contributed by atoms with E-state index in [9.17, 15) is 24.0 Å². The summed E-state index contributed by atoms with van der Waals surface area (Å²) in [6.45, 7) is 4.11. The molecule has 2 rings (SSSR count). The fraction of sp³-hybridized carbons (Fsp3) is 0.476. The van der Waals surface area contributed by atoms with Gasteiger partial charge in [0.25, 0.3) is 0 Å². The Labute approximate surface area is 209 Å². The molecule has 1 aromatic rings. The highest BCUT2D eigenvalue weighted by atomic mass is 127. The molecule has 0 unspecified atom stereocenters. The fourth-order valence-electron chi connectivity index (χ4n) is 3.19. The van der Waals surface area contributed by atoms with Gasteiger partial charge in [-0.3, -0.25) is 19.2 Å². The van der Waals surface area contributed by atoms with Gasteiger partial charge in [-0.05, 0) is 34.7 Å². The third-order valence-corrected chi connectivity index (χ3v) is 5.33. The van der Waals surface area contributed by atoms with Gasteiger partial charge in [0.05, 0.1) is 5.69 Å². The summed E-state index contributed by atoms with van der Waals surface area (Å²) >= 11 is 2.04. The van der Waals surface area contributed by atoms with Gasteiger partial charge in [0.15, 0.2) is 24.5 Å². The van der Waals surface area contributed by atoms with Crippen molar-refractivity contribution in [3.05, 3.63) is 27.8 Å². The number of ether oxygens (including phenoxy) is 5. The second kappa shape index (κ2) is 12.5. The first-order valence-electron chi connectivity index (χ1n) is 10.1. The molecule has 1 fully saturated rings. The molecule has 2 amide bonds. The van der Waals surface area contributed by atoms with Crippen LogP contribution in [0.25, 0.3) is 0 Å². The lowest BCUT2D eigenvalue weighted by molar-refractivity contribution is -0.255. The summed E-state index contributed by atoms with van der Waals surface area (Å²) in [6.07, 6.45) is -6.59. The van der Waals surface area contributed by atoms with Crippen LogP contribution in [0, 0.1) is 3.57 Å². The van der Waals surface area contributed by atoms with E-state index in [2.05, 4.69) is 10.6 Å². The summed E-state index contributed by atoms with van der Waals surface area (Å²) in [7, 11) is 0. The number of hydrogen-bond acceptors (Lipinski definition) is 10. The maximum Gasteiger partial charge on any atom is 0.321 e. The van der Waals surface area contributed by atoms with E-state index in [1.54, 1.807) is 24.3 Å². The fourth-order valence-corrected chi connectivity index (χ4v) is 3.72. The SMILES string of the molecule is CC(=O)OC[C@@H]1O[C@@H](NC(=O)Nc2ccccc2I)[C@@H](OC(C)=O)[C@@H](OC(C)=O)[C@H]1OC(C)=O. The molecule has 13 heteroatoms. The van der Waals surface area contributed by atoms with E-state index >= 15 is 0 Å². The van der Waals surface area contributed by atoms with Crippen LogP contribution in [0.5, 0.6) is 0 Å². The lowest BCUT2D eigenvalue weighted by Gasteiger charge is -2.44. The zero-order chi connectivity index (χ0) is 25.4. The summed E-state index contributed by atoms with van der Waals surface area (Å²) < 4.78 is 27.5. The number of carbonyl (C=O) groups excluding carboxylic acids is 5. The summed E-state index contributed by atoms with van der Waals surface area (Å²) in [5.74, 6) is -2.93. The predicted molar refractivity (Wildman–Crippen MR) is 123 cm³/mol. The van der Waals surface area contributed by atoms with Crippen LogP contribution in [0.2, 0.25) is 0 Å². The minimum Gasteiger partial charge on any atom is -0.463 e. The van der Waals surface area contributed by atoms with E-state index in [-0.39, 0.29) is 0 Å². The number of para-hydroxylation sites is 1. The number of urea groups is 1. The molecule has 0 saturated carbocycles. The van der Waals surface area contributed by atoms with Crippen LogP contribution in [0.15, 0.2) is 24.3 Å². The Morgan fingerprint density at radius 2 is 1.41 bits per heavy atom. The first kappa shape index (κ1) is 27.3. The maximum atomic E-state index is 12.7. The molecule has 1 aromatic carbocycles. The summed E-state index contributed by atoms with van der Waals surface area (Å²) in [6, 6.07) is 6.26. The van der Waals surface area contributed by atoms with Crippen molar-refractivity contribution >= 4 is 58.2 Å². The standard InChI is InChI=1S/C21H25IN2O10/c1-10(25)30-9-16-17(31-11(2)26)18(32-12(3)27)19(33-13(4)28)20(34-16)24-21(29)23-15-8-6-5-7-14(15)22/h5-8,16-20H,9H2,1-4H3,(H2,23,24,29)/t16-,17-,18-,19-,20+/m0/s1. The van der Waals surface area contributed by atoms with Crippen molar-refractivity contribution in [2.75, 3.05) is 11.9 Å². The van der Waals surface area contributed by atoms with Crippen LogP contribution in [0.3, 0.4) is 0 Å². The Bertz CT molecular complexity index is 940. The molecule has 0 radical (unpaired) electrons. The van der Waals surface area contributed by atoms with E-state index in [1.165, 1.54) is 6.92 Å². The Morgan fingerprint density at radius 3 is 1.97 bits per heavy atom. The molecule has 2 N–H and O–H groups in total. The monoisotopic (exact) mass is 592 g/mol. The highest BCUT2D eigenvalue weighted by Crippen LogP contribution is 2.28. The Hall–Kier alpha value is -2.94. The summed E-state index contributed by atoms with van der Waals surface area (Å²) in [4.78, 5) is 59.4. The van der Waals surface area contributed by atoms with Gasteiger partial charge in [0.2, 0.25) is 0 Å². The van der Waals surface area contributed by atoms with Crippen molar-refractivity contribution in [3.8, 4) is 0 Å². The molecule has 1 saturated heterocycles. The van der Waals surface area contributed by atoms with Crippen molar-refractivity contribution in [1.29, 1.82) is 0 Å². The second-order valence-corrected chi connectivity index (χ2v) is 8.36. The Balaban J connectivity index is 2.37. The van der Waals surface area contributed by atoms with Gasteiger partial charge in [-0.2, -0.15) is 0 Å². The highest BCUT2D eigenvalue weighted by molar-refractivity contribution is 14.1. The number of anilines is 1. The maximum absolute atomic E-state index is 12.7. The van der Waals surface area contributed by atoms with Gasteiger partial charge in [0, 0.05) is 31.3 Å². The van der Waals surface area contributed by atoms with Crippen LogP contribution in [0.4, 0.5) is 10.5 Å². The zero-order valence-electron chi connectivity index (χ0n) is 18.9. The number of rotatable bonds is 7. The third kappa shape index (κ3) is 8.13. The number of amides is 2. The molecule has 1 aliphatic rings. The first-order chi connectivity index (χ1) is 16.0. The van der Waals surface area contributed by atoms with E-state index in [0.29, 0.717) is 5.69 Å². The van der Waals surface area contributed by atoms with Crippen LogP contribution < -0.4 is 10.6 Å². The number of esters is 4. The largest absolute Gasteiger partial charge is 0.463 e. The van der Waals surface area contributed by atoms with Crippen molar-refractivity contribution in [1.82, 2.24) is 5.32 Å². The molecule has 1 aliphatic heterocycles. The van der Waals surface area contributed by atoms with E-state index in [0.717, 1.165) is 24.3 Å². The zero-order valence-corrected chi connectivity index (χ0v) is 21.0. The second-order valence-electron chi connectivity index (χ2n) is 7.20. The van der Waals surface area contributed by atoms with Crippen molar-refractivity contribution in [3.63, 3.8) is 0 Å². The topological polar surface area (TPSA) is 156 Å². The molecule has 1 heterocycles. The number of nitrogens with one attached hydrogen (secondary N) is 2. The molecule has 0 aliphatic carbocycles. The van der Waals surface area contributed by atoms with Crippen molar-refractivity contribution in [2.45, 2.75) is 58.3 Å². The molecular weight excluding hydrogens is 567 g/mol. The van der Waals surface area contributed by atoms with E-state index < -0.39 is 67.2 Å². The Morgan fingerprint density at radius 1 is 0.853 bits per heavy atom. The van der Waals surface area contributed by atoms with Gasteiger partial charge < -0.3 is 34.3 Å². The number of halogens is 1. The average Bonchev–Trinajstić information content (AvgIpc) is 2.71. The van der Waals surface area contributed by atoms with Gasteiger partial charge in [-0.15, -0.1) is 0 Å².